The molecule has 2 heterocycles. The molecule has 1 aliphatic rings. The van der Waals surface area contributed by atoms with Gasteiger partial charge in [0.05, 0.1) is 6.61 Å². The number of nitrogens with two attached hydrogens (primary N) is 2. The van der Waals surface area contributed by atoms with Crippen LogP contribution in [0.1, 0.15) is 18.4 Å². The van der Waals surface area contributed by atoms with Gasteiger partial charge in [-0.05, 0) is 42.9 Å². The van der Waals surface area contributed by atoms with Crippen LogP contribution in [-0.4, -0.2) is 24.2 Å². The Balaban J connectivity index is 1.98. The van der Waals surface area contributed by atoms with E-state index in [1.807, 2.05) is 12.1 Å². The Bertz CT molecular complexity index is 352. The van der Waals surface area contributed by atoms with E-state index in [1.165, 1.54) is 0 Å². The standard InChI is InChI=1S/C12H20N4O/c13-12-7-9(3-4-15-12)6-11(16-14)10-2-1-5-17-8-10/h3-4,7,10-11,16H,1-2,5-6,8,14H2,(H2,13,15). The fourth-order valence-corrected chi connectivity index (χ4v) is 2.32. The average Bonchev–Trinajstić information content (AvgIpc) is 2.37. The molecule has 17 heavy (non-hydrogen) atoms. The number of rotatable bonds is 4. The molecule has 0 radical (unpaired) electrons. The lowest BCUT2D eigenvalue weighted by Gasteiger charge is -2.29. The molecule has 1 aromatic rings. The number of hydrogen-bond donors (Lipinski definition) is 3. The predicted octanol–water partition coefficient (Wildman–Crippen LogP) is 0.465. The Labute approximate surface area is 102 Å². The second-order valence-corrected chi connectivity index (χ2v) is 4.54. The third kappa shape index (κ3) is 3.39. The first-order valence-corrected chi connectivity index (χ1v) is 6.04. The van der Waals surface area contributed by atoms with E-state index in [0.717, 1.165) is 38.0 Å². The lowest BCUT2D eigenvalue weighted by molar-refractivity contribution is 0.0393. The van der Waals surface area contributed by atoms with Crippen molar-refractivity contribution in [3.05, 3.63) is 23.9 Å². The molecule has 2 atom stereocenters. The maximum Gasteiger partial charge on any atom is 0.123 e. The summed E-state index contributed by atoms with van der Waals surface area (Å²) in [5.74, 6) is 6.67. The van der Waals surface area contributed by atoms with Crippen LogP contribution in [0.15, 0.2) is 18.3 Å². The lowest BCUT2D eigenvalue weighted by Crippen LogP contribution is -2.45. The fourth-order valence-electron chi connectivity index (χ4n) is 2.32. The zero-order valence-corrected chi connectivity index (χ0v) is 9.93. The Morgan fingerprint density at radius 3 is 3.12 bits per heavy atom. The summed E-state index contributed by atoms with van der Waals surface area (Å²) in [5.41, 5.74) is 9.72. The largest absolute Gasteiger partial charge is 0.384 e. The average molecular weight is 236 g/mol. The first-order valence-electron chi connectivity index (χ1n) is 6.04. The molecule has 0 amide bonds. The summed E-state index contributed by atoms with van der Waals surface area (Å²) < 4.78 is 5.49. The van der Waals surface area contributed by atoms with Gasteiger partial charge in [-0.2, -0.15) is 0 Å². The fraction of sp³-hybridized carbons (Fsp3) is 0.583. The van der Waals surface area contributed by atoms with Crippen molar-refractivity contribution in [2.45, 2.75) is 25.3 Å². The van der Waals surface area contributed by atoms with E-state index in [1.54, 1.807) is 6.20 Å². The molecule has 5 heteroatoms. The first-order chi connectivity index (χ1) is 8.29. The van der Waals surface area contributed by atoms with Crippen molar-refractivity contribution in [2.24, 2.45) is 11.8 Å². The van der Waals surface area contributed by atoms with Crippen LogP contribution >= 0.6 is 0 Å². The Kier molecular flexibility index (Phi) is 4.30. The van der Waals surface area contributed by atoms with Gasteiger partial charge in [0, 0.05) is 18.8 Å². The minimum absolute atomic E-state index is 0.233. The van der Waals surface area contributed by atoms with Crippen LogP contribution in [-0.2, 0) is 11.2 Å². The summed E-state index contributed by atoms with van der Waals surface area (Å²) in [6.45, 7) is 1.66. The monoisotopic (exact) mass is 236 g/mol. The number of hydrazine groups is 1. The summed E-state index contributed by atoms with van der Waals surface area (Å²) in [5, 5.41) is 0. The normalized spacial score (nSPS) is 22.3. The van der Waals surface area contributed by atoms with Gasteiger partial charge in [0.15, 0.2) is 0 Å². The molecule has 1 fully saturated rings. The Morgan fingerprint density at radius 1 is 1.59 bits per heavy atom. The van der Waals surface area contributed by atoms with Crippen molar-refractivity contribution < 1.29 is 4.74 Å². The van der Waals surface area contributed by atoms with Gasteiger partial charge >= 0.3 is 0 Å². The van der Waals surface area contributed by atoms with E-state index >= 15 is 0 Å². The highest BCUT2D eigenvalue weighted by atomic mass is 16.5. The predicted molar refractivity (Wildman–Crippen MR) is 67.0 cm³/mol. The number of nitrogens with zero attached hydrogens (tertiary/aromatic N) is 1. The maximum absolute atomic E-state index is 5.67. The van der Waals surface area contributed by atoms with Gasteiger partial charge < -0.3 is 10.5 Å². The van der Waals surface area contributed by atoms with Crippen LogP contribution in [0.5, 0.6) is 0 Å². The van der Waals surface area contributed by atoms with Crippen LogP contribution in [0.4, 0.5) is 5.82 Å². The molecule has 1 aromatic heterocycles. The first kappa shape index (κ1) is 12.3. The Hall–Kier alpha value is -1.17. The lowest BCUT2D eigenvalue weighted by atomic mass is 9.90. The molecule has 0 aromatic carbocycles. The van der Waals surface area contributed by atoms with E-state index in [4.69, 9.17) is 16.3 Å². The number of nitrogens with one attached hydrogen (secondary N) is 1. The Morgan fingerprint density at radius 2 is 2.47 bits per heavy atom. The second kappa shape index (κ2) is 5.95. The smallest absolute Gasteiger partial charge is 0.123 e. The number of hydrogen-bond acceptors (Lipinski definition) is 5. The van der Waals surface area contributed by atoms with E-state index in [0.29, 0.717) is 11.7 Å². The summed E-state index contributed by atoms with van der Waals surface area (Å²) in [4.78, 5) is 3.99. The van der Waals surface area contributed by atoms with Crippen molar-refractivity contribution >= 4 is 5.82 Å². The topological polar surface area (TPSA) is 86.2 Å². The summed E-state index contributed by atoms with van der Waals surface area (Å²) in [7, 11) is 0. The molecular formula is C12H20N4O. The molecule has 1 saturated heterocycles. The van der Waals surface area contributed by atoms with Crippen molar-refractivity contribution in [1.29, 1.82) is 0 Å². The van der Waals surface area contributed by atoms with Crippen LogP contribution in [0.3, 0.4) is 0 Å². The number of anilines is 1. The van der Waals surface area contributed by atoms with Crippen LogP contribution in [0, 0.1) is 5.92 Å². The van der Waals surface area contributed by atoms with Crippen LogP contribution in [0.25, 0.3) is 0 Å². The van der Waals surface area contributed by atoms with Crippen molar-refractivity contribution in [3.63, 3.8) is 0 Å². The number of aromatic nitrogens is 1. The van der Waals surface area contributed by atoms with Crippen molar-refractivity contribution in [1.82, 2.24) is 10.4 Å². The highest BCUT2D eigenvalue weighted by Gasteiger charge is 2.23. The molecule has 1 aliphatic heterocycles. The van der Waals surface area contributed by atoms with E-state index < -0.39 is 0 Å². The molecule has 94 valence electrons. The second-order valence-electron chi connectivity index (χ2n) is 4.54. The minimum Gasteiger partial charge on any atom is -0.384 e. The number of nitrogen functional groups attached to an aromatic ring is 1. The van der Waals surface area contributed by atoms with Crippen molar-refractivity contribution in [3.8, 4) is 0 Å². The van der Waals surface area contributed by atoms with Gasteiger partial charge in [-0.3, -0.25) is 11.3 Å². The molecule has 0 spiro atoms. The zero-order valence-electron chi connectivity index (χ0n) is 9.93. The van der Waals surface area contributed by atoms with Gasteiger partial charge in [-0.1, -0.05) is 0 Å². The molecular weight excluding hydrogens is 216 g/mol. The van der Waals surface area contributed by atoms with Gasteiger partial charge in [0.25, 0.3) is 0 Å². The van der Waals surface area contributed by atoms with E-state index in [2.05, 4.69) is 10.4 Å². The van der Waals surface area contributed by atoms with Crippen LogP contribution < -0.4 is 17.0 Å². The quantitative estimate of drug-likeness (QED) is 0.522. The molecule has 0 bridgehead atoms. The molecule has 2 rings (SSSR count). The third-order valence-electron chi connectivity index (χ3n) is 3.28. The van der Waals surface area contributed by atoms with Crippen molar-refractivity contribution in [2.75, 3.05) is 18.9 Å². The van der Waals surface area contributed by atoms with Gasteiger partial charge in [-0.15, -0.1) is 0 Å². The van der Waals surface area contributed by atoms with Gasteiger partial charge in [0.2, 0.25) is 0 Å². The molecule has 0 saturated carbocycles. The number of pyridine rings is 1. The third-order valence-corrected chi connectivity index (χ3v) is 3.28. The number of ether oxygens (including phenoxy) is 1. The minimum atomic E-state index is 0.233. The molecule has 2 unspecified atom stereocenters. The molecule has 5 N–H and O–H groups in total. The van der Waals surface area contributed by atoms with E-state index in [-0.39, 0.29) is 6.04 Å². The van der Waals surface area contributed by atoms with Gasteiger partial charge in [-0.25, -0.2) is 4.98 Å². The van der Waals surface area contributed by atoms with Gasteiger partial charge in [0.1, 0.15) is 5.82 Å². The molecule has 0 aliphatic carbocycles. The summed E-state index contributed by atoms with van der Waals surface area (Å²) in [6, 6.07) is 4.11. The summed E-state index contributed by atoms with van der Waals surface area (Å²) >= 11 is 0. The highest BCUT2D eigenvalue weighted by Crippen LogP contribution is 2.20. The van der Waals surface area contributed by atoms with E-state index in [9.17, 15) is 0 Å². The SMILES string of the molecule is NNC(Cc1ccnc(N)c1)C1CCCOC1. The van der Waals surface area contributed by atoms with Crippen LogP contribution in [0.2, 0.25) is 0 Å². The maximum atomic E-state index is 5.67. The molecule has 5 nitrogen and oxygen atoms in total. The summed E-state index contributed by atoms with van der Waals surface area (Å²) in [6.07, 6.45) is 4.86. The highest BCUT2D eigenvalue weighted by molar-refractivity contribution is 5.32. The zero-order chi connectivity index (χ0) is 12.1.